The maximum Gasteiger partial charge on any atom is 0.262 e. The molecule has 0 aromatic heterocycles. The van der Waals surface area contributed by atoms with Crippen LogP contribution in [0.25, 0.3) is 0 Å². The quantitative estimate of drug-likeness (QED) is 0.601. The van der Waals surface area contributed by atoms with Crippen LogP contribution in [-0.2, 0) is 4.79 Å². The SMILES string of the molecule is Cc1ccc(Oc2ccc(Cl)cc2NC(=O)COc2ccc(F)cc2)cc1. The van der Waals surface area contributed by atoms with Crippen molar-refractivity contribution in [2.75, 3.05) is 11.9 Å². The second kappa shape index (κ2) is 8.56. The zero-order valence-electron chi connectivity index (χ0n) is 14.5. The lowest BCUT2D eigenvalue weighted by molar-refractivity contribution is -0.118. The van der Waals surface area contributed by atoms with Gasteiger partial charge in [0, 0.05) is 5.02 Å². The molecule has 3 aromatic carbocycles. The Hall–Kier alpha value is -3.05. The maximum absolute atomic E-state index is 12.9. The Bertz CT molecular complexity index is 927. The molecule has 0 aliphatic heterocycles. The van der Waals surface area contributed by atoms with Gasteiger partial charge in [0.2, 0.25) is 0 Å². The molecular weight excluding hydrogens is 369 g/mol. The number of nitrogens with one attached hydrogen (secondary N) is 1. The van der Waals surface area contributed by atoms with Gasteiger partial charge in [-0.25, -0.2) is 4.39 Å². The number of carbonyl (C=O) groups excluding carboxylic acids is 1. The van der Waals surface area contributed by atoms with Gasteiger partial charge in [0.1, 0.15) is 17.3 Å². The van der Waals surface area contributed by atoms with E-state index in [0.717, 1.165) is 5.56 Å². The summed E-state index contributed by atoms with van der Waals surface area (Å²) < 4.78 is 24.1. The van der Waals surface area contributed by atoms with E-state index in [4.69, 9.17) is 21.1 Å². The second-order valence-electron chi connectivity index (χ2n) is 5.85. The first kappa shape index (κ1) is 18.7. The number of hydrogen-bond donors (Lipinski definition) is 1. The van der Waals surface area contributed by atoms with Gasteiger partial charge in [-0.2, -0.15) is 0 Å². The average Bonchev–Trinajstić information content (AvgIpc) is 2.65. The third-order valence-corrected chi connectivity index (χ3v) is 3.88. The average molecular weight is 386 g/mol. The highest BCUT2D eigenvalue weighted by atomic mass is 35.5. The lowest BCUT2D eigenvalue weighted by Crippen LogP contribution is -2.20. The zero-order chi connectivity index (χ0) is 19.2. The number of anilines is 1. The summed E-state index contributed by atoms with van der Waals surface area (Å²) >= 11 is 6.04. The van der Waals surface area contributed by atoms with Crippen molar-refractivity contribution >= 4 is 23.2 Å². The number of halogens is 2. The number of ether oxygens (including phenoxy) is 2. The first-order chi connectivity index (χ1) is 13.0. The summed E-state index contributed by atoms with van der Waals surface area (Å²) in [5, 5.41) is 3.18. The topological polar surface area (TPSA) is 47.6 Å². The van der Waals surface area contributed by atoms with Crippen LogP contribution in [0.1, 0.15) is 5.56 Å². The van der Waals surface area contributed by atoms with Gasteiger partial charge in [0.25, 0.3) is 5.91 Å². The minimum atomic E-state index is -0.393. The highest BCUT2D eigenvalue weighted by molar-refractivity contribution is 6.31. The summed E-state index contributed by atoms with van der Waals surface area (Å²) in [5.74, 6) is 0.729. The molecule has 0 bridgehead atoms. The van der Waals surface area contributed by atoms with Gasteiger partial charge in [-0.05, 0) is 61.5 Å². The third-order valence-electron chi connectivity index (χ3n) is 3.65. The molecule has 0 radical (unpaired) electrons. The molecule has 1 amide bonds. The van der Waals surface area contributed by atoms with Crippen LogP contribution < -0.4 is 14.8 Å². The molecule has 138 valence electrons. The van der Waals surface area contributed by atoms with Crippen LogP contribution in [0.2, 0.25) is 5.02 Å². The van der Waals surface area contributed by atoms with Crippen LogP contribution in [-0.4, -0.2) is 12.5 Å². The van der Waals surface area contributed by atoms with Gasteiger partial charge in [-0.3, -0.25) is 4.79 Å². The fraction of sp³-hybridized carbons (Fsp3) is 0.0952. The smallest absolute Gasteiger partial charge is 0.262 e. The summed E-state index contributed by atoms with van der Waals surface area (Å²) in [7, 11) is 0. The minimum absolute atomic E-state index is 0.234. The number of hydrogen-bond acceptors (Lipinski definition) is 3. The van der Waals surface area contributed by atoms with E-state index in [1.165, 1.54) is 24.3 Å². The van der Waals surface area contributed by atoms with Gasteiger partial charge in [-0.15, -0.1) is 0 Å². The Morgan fingerprint density at radius 3 is 2.37 bits per heavy atom. The largest absolute Gasteiger partial charge is 0.484 e. The summed E-state index contributed by atoms with van der Waals surface area (Å²) in [5.41, 5.74) is 1.54. The Labute approximate surface area is 161 Å². The van der Waals surface area contributed by atoms with E-state index in [2.05, 4.69) is 5.32 Å². The van der Waals surface area contributed by atoms with Gasteiger partial charge in [0.05, 0.1) is 5.69 Å². The molecule has 0 heterocycles. The second-order valence-corrected chi connectivity index (χ2v) is 6.28. The van der Waals surface area contributed by atoms with E-state index in [0.29, 0.717) is 28.0 Å². The summed E-state index contributed by atoms with van der Waals surface area (Å²) in [6.45, 7) is 1.75. The highest BCUT2D eigenvalue weighted by Gasteiger charge is 2.11. The molecule has 0 atom stereocenters. The van der Waals surface area contributed by atoms with E-state index in [1.54, 1.807) is 18.2 Å². The van der Waals surface area contributed by atoms with Crippen LogP contribution in [0.3, 0.4) is 0 Å². The van der Waals surface area contributed by atoms with Crippen molar-refractivity contribution in [2.45, 2.75) is 6.92 Å². The molecule has 1 N–H and O–H groups in total. The third kappa shape index (κ3) is 5.46. The van der Waals surface area contributed by atoms with Crippen molar-refractivity contribution in [1.82, 2.24) is 0 Å². The standard InChI is InChI=1S/C21H17ClFNO3/c1-14-2-7-18(8-3-14)27-20-11-4-15(22)12-19(20)24-21(25)13-26-17-9-5-16(23)6-10-17/h2-12H,13H2,1H3,(H,24,25). The van der Waals surface area contributed by atoms with E-state index in [-0.39, 0.29) is 12.4 Å². The molecule has 0 saturated carbocycles. The Morgan fingerprint density at radius 1 is 1.00 bits per heavy atom. The van der Waals surface area contributed by atoms with Crippen molar-refractivity contribution in [3.05, 3.63) is 83.1 Å². The normalized spacial score (nSPS) is 10.3. The minimum Gasteiger partial charge on any atom is -0.484 e. The van der Waals surface area contributed by atoms with Crippen LogP contribution in [0.5, 0.6) is 17.2 Å². The molecule has 3 aromatic rings. The Balaban J connectivity index is 1.67. The van der Waals surface area contributed by atoms with Crippen LogP contribution in [0.4, 0.5) is 10.1 Å². The fourth-order valence-corrected chi connectivity index (χ4v) is 2.46. The Kier molecular flexibility index (Phi) is 5.94. The van der Waals surface area contributed by atoms with Crippen molar-refractivity contribution in [2.24, 2.45) is 0 Å². The summed E-state index contributed by atoms with van der Waals surface area (Å²) in [6, 6.07) is 17.9. The molecular formula is C21H17ClFNO3. The fourth-order valence-electron chi connectivity index (χ4n) is 2.29. The number of amides is 1. The summed E-state index contributed by atoms with van der Waals surface area (Å²) in [4.78, 5) is 12.2. The van der Waals surface area contributed by atoms with Crippen LogP contribution in [0.15, 0.2) is 66.7 Å². The lowest BCUT2D eigenvalue weighted by Gasteiger charge is -2.13. The molecule has 6 heteroatoms. The Morgan fingerprint density at radius 2 is 1.67 bits per heavy atom. The first-order valence-electron chi connectivity index (χ1n) is 8.22. The van der Waals surface area contributed by atoms with E-state index < -0.39 is 5.91 Å². The van der Waals surface area contributed by atoms with Gasteiger partial charge in [0.15, 0.2) is 12.4 Å². The van der Waals surface area contributed by atoms with E-state index in [9.17, 15) is 9.18 Å². The molecule has 0 aliphatic carbocycles. The molecule has 0 saturated heterocycles. The molecule has 0 spiro atoms. The predicted molar refractivity (Wildman–Crippen MR) is 103 cm³/mol. The monoisotopic (exact) mass is 385 g/mol. The number of aryl methyl sites for hydroxylation is 1. The zero-order valence-corrected chi connectivity index (χ0v) is 15.3. The van der Waals surface area contributed by atoms with E-state index in [1.807, 2.05) is 31.2 Å². The van der Waals surface area contributed by atoms with Crippen molar-refractivity contribution in [3.8, 4) is 17.2 Å². The molecule has 0 fully saturated rings. The van der Waals surface area contributed by atoms with E-state index >= 15 is 0 Å². The molecule has 4 nitrogen and oxygen atoms in total. The highest BCUT2D eigenvalue weighted by Crippen LogP contribution is 2.32. The number of rotatable bonds is 6. The predicted octanol–water partition coefficient (Wildman–Crippen LogP) is 5.60. The van der Waals surface area contributed by atoms with Crippen LogP contribution in [0, 0.1) is 12.7 Å². The molecule has 0 unspecified atom stereocenters. The molecule has 27 heavy (non-hydrogen) atoms. The van der Waals surface area contributed by atoms with Gasteiger partial charge in [-0.1, -0.05) is 29.3 Å². The maximum atomic E-state index is 12.9. The van der Waals surface area contributed by atoms with Crippen molar-refractivity contribution in [1.29, 1.82) is 0 Å². The van der Waals surface area contributed by atoms with Gasteiger partial charge >= 0.3 is 0 Å². The number of benzene rings is 3. The molecule has 3 rings (SSSR count). The molecule has 0 aliphatic rings. The summed E-state index contributed by atoms with van der Waals surface area (Å²) in [6.07, 6.45) is 0. The van der Waals surface area contributed by atoms with Crippen molar-refractivity contribution in [3.63, 3.8) is 0 Å². The van der Waals surface area contributed by atoms with Gasteiger partial charge < -0.3 is 14.8 Å². The first-order valence-corrected chi connectivity index (χ1v) is 8.60. The number of carbonyl (C=O) groups is 1. The lowest BCUT2D eigenvalue weighted by atomic mass is 10.2. The van der Waals surface area contributed by atoms with Crippen LogP contribution >= 0.6 is 11.6 Å². The van der Waals surface area contributed by atoms with Crippen molar-refractivity contribution < 1.29 is 18.7 Å².